The average Bonchev–Trinajstić information content (AvgIpc) is 2.38. The van der Waals surface area contributed by atoms with Crippen molar-refractivity contribution in [3.63, 3.8) is 0 Å². The molecule has 0 radical (unpaired) electrons. The lowest BCUT2D eigenvalue weighted by Gasteiger charge is -2.10. The second kappa shape index (κ2) is 6.27. The fourth-order valence-electron chi connectivity index (χ4n) is 1.95. The summed E-state index contributed by atoms with van der Waals surface area (Å²) in [5.74, 6) is 0. The standard InChI is InChI=1S/C14H17ClN2O3S/c1-9-8-11-4-3-5-12(13(11)17-14(9)15)21(19,20)16-7-6-10(2)18/h3-5,8,10,16,18H,6-7H2,1-2H3. The Morgan fingerprint density at radius 1 is 1.43 bits per heavy atom. The summed E-state index contributed by atoms with van der Waals surface area (Å²) in [6, 6.07) is 6.76. The zero-order valence-electron chi connectivity index (χ0n) is 11.8. The number of aryl methyl sites for hydroxylation is 1. The van der Waals surface area contributed by atoms with Gasteiger partial charge in [0.25, 0.3) is 0 Å². The van der Waals surface area contributed by atoms with Crippen molar-refractivity contribution in [2.24, 2.45) is 0 Å². The molecule has 0 aliphatic rings. The number of aromatic nitrogens is 1. The summed E-state index contributed by atoms with van der Waals surface area (Å²) in [7, 11) is -3.69. The van der Waals surface area contributed by atoms with Crippen LogP contribution in [-0.2, 0) is 10.0 Å². The molecule has 1 atom stereocenters. The van der Waals surface area contributed by atoms with Gasteiger partial charge in [-0.2, -0.15) is 0 Å². The molecule has 0 bridgehead atoms. The molecule has 1 aromatic heterocycles. The van der Waals surface area contributed by atoms with E-state index in [4.69, 9.17) is 11.6 Å². The first-order valence-corrected chi connectivity index (χ1v) is 8.41. The number of sulfonamides is 1. The summed E-state index contributed by atoms with van der Waals surface area (Å²) >= 11 is 6.00. The second-order valence-corrected chi connectivity index (χ2v) is 7.05. The summed E-state index contributed by atoms with van der Waals surface area (Å²) in [5.41, 5.74) is 1.14. The Morgan fingerprint density at radius 3 is 2.81 bits per heavy atom. The smallest absolute Gasteiger partial charge is 0.242 e. The van der Waals surface area contributed by atoms with E-state index in [1.165, 1.54) is 6.07 Å². The molecular weight excluding hydrogens is 312 g/mol. The second-order valence-electron chi connectivity index (χ2n) is 4.96. The highest BCUT2D eigenvalue weighted by atomic mass is 35.5. The van der Waals surface area contributed by atoms with Crippen molar-refractivity contribution >= 4 is 32.5 Å². The first-order valence-electron chi connectivity index (χ1n) is 6.55. The van der Waals surface area contributed by atoms with Crippen molar-refractivity contribution < 1.29 is 13.5 Å². The van der Waals surface area contributed by atoms with Crippen molar-refractivity contribution in [1.29, 1.82) is 0 Å². The normalized spacial score (nSPS) is 13.5. The average molecular weight is 329 g/mol. The van der Waals surface area contributed by atoms with E-state index in [1.807, 2.05) is 6.92 Å². The number of nitrogens with one attached hydrogen (secondary N) is 1. The van der Waals surface area contributed by atoms with Crippen molar-refractivity contribution in [2.75, 3.05) is 6.54 Å². The van der Waals surface area contributed by atoms with Crippen LogP contribution in [0.3, 0.4) is 0 Å². The number of benzene rings is 1. The quantitative estimate of drug-likeness (QED) is 0.825. The first kappa shape index (κ1) is 16.2. The van der Waals surface area contributed by atoms with Gasteiger partial charge in [0.15, 0.2) is 0 Å². The Bertz CT molecular complexity index is 760. The fourth-order valence-corrected chi connectivity index (χ4v) is 3.31. The molecule has 114 valence electrons. The van der Waals surface area contributed by atoms with Gasteiger partial charge in [0.1, 0.15) is 10.0 Å². The molecule has 2 N–H and O–H groups in total. The predicted molar refractivity (Wildman–Crippen MR) is 83.0 cm³/mol. The van der Waals surface area contributed by atoms with E-state index in [0.29, 0.717) is 11.9 Å². The molecular formula is C14H17ClN2O3S. The number of aliphatic hydroxyl groups excluding tert-OH is 1. The zero-order chi connectivity index (χ0) is 15.6. The van der Waals surface area contributed by atoms with Gasteiger partial charge in [0.05, 0.1) is 11.6 Å². The Hall–Kier alpha value is -1.21. The number of aliphatic hydroxyl groups is 1. The maximum Gasteiger partial charge on any atom is 0.242 e. The third kappa shape index (κ3) is 3.71. The van der Waals surface area contributed by atoms with E-state index in [1.54, 1.807) is 25.1 Å². The van der Waals surface area contributed by atoms with Crippen molar-refractivity contribution in [2.45, 2.75) is 31.3 Å². The van der Waals surface area contributed by atoms with E-state index in [9.17, 15) is 13.5 Å². The van der Waals surface area contributed by atoms with Crippen LogP contribution >= 0.6 is 11.6 Å². The number of hydrogen-bond donors (Lipinski definition) is 2. The maximum absolute atomic E-state index is 12.3. The molecule has 0 fully saturated rings. The largest absolute Gasteiger partial charge is 0.393 e. The lowest BCUT2D eigenvalue weighted by molar-refractivity contribution is 0.186. The zero-order valence-corrected chi connectivity index (χ0v) is 13.4. The van der Waals surface area contributed by atoms with Crippen LogP contribution in [0.4, 0.5) is 0 Å². The van der Waals surface area contributed by atoms with Crippen LogP contribution in [0.25, 0.3) is 10.9 Å². The van der Waals surface area contributed by atoms with Gasteiger partial charge in [0.2, 0.25) is 10.0 Å². The number of halogens is 1. The third-order valence-corrected chi connectivity index (χ3v) is 4.96. The number of rotatable bonds is 5. The van der Waals surface area contributed by atoms with E-state index in [-0.39, 0.29) is 16.6 Å². The first-order chi connectivity index (χ1) is 9.81. The monoisotopic (exact) mass is 328 g/mol. The lowest BCUT2D eigenvalue weighted by Crippen LogP contribution is -2.27. The van der Waals surface area contributed by atoms with Crippen LogP contribution in [-0.4, -0.2) is 31.2 Å². The van der Waals surface area contributed by atoms with Gasteiger partial charge in [0, 0.05) is 11.9 Å². The van der Waals surface area contributed by atoms with Gasteiger partial charge >= 0.3 is 0 Å². The van der Waals surface area contributed by atoms with Gasteiger partial charge in [-0.25, -0.2) is 18.1 Å². The van der Waals surface area contributed by atoms with E-state index in [0.717, 1.165) is 10.9 Å². The minimum absolute atomic E-state index is 0.0903. The number of para-hydroxylation sites is 1. The van der Waals surface area contributed by atoms with Gasteiger partial charge < -0.3 is 5.11 Å². The molecule has 0 amide bonds. The molecule has 0 spiro atoms. The van der Waals surface area contributed by atoms with Crippen LogP contribution in [0, 0.1) is 6.92 Å². The summed E-state index contributed by atoms with van der Waals surface area (Å²) < 4.78 is 27.2. The Balaban J connectivity index is 2.43. The molecule has 1 unspecified atom stereocenters. The van der Waals surface area contributed by atoms with Gasteiger partial charge in [-0.05, 0) is 38.0 Å². The molecule has 1 heterocycles. The molecule has 7 heteroatoms. The summed E-state index contributed by atoms with van der Waals surface area (Å²) in [5, 5.41) is 10.2. The van der Waals surface area contributed by atoms with Crippen LogP contribution in [0.2, 0.25) is 5.15 Å². The van der Waals surface area contributed by atoms with Crippen LogP contribution in [0.5, 0.6) is 0 Å². The highest BCUT2D eigenvalue weighted by molar-refractivity contribution is 7.89. The Morgan fingerprint density at radius 2 is 2.14 bits per heavy atom. The van der Waals surface area contributed by atoms with Gasteiger partial charge in [-0.3, -0.25) is 0 Å². The molecule has 0 saturated carbocycles. The fraction of sp³-hybridized carbons (Fsp3) is 0.357. The van der Waals surface area contributed by atoms with Crippen LogP contribution in [0.15, 0.2) is 29.2 Å². The van der Waals surface area contributed by atoms with Crippen molar-refractivity contribution in [1.82, 2.24) is 9.71 Å². The maximum atomic E-state index is 12.3. The number of hydrogen-bond acceptors (Lipinski definition) is 4. The summed E-state index contributed by atoms with van der Waals surface area (Å²) in [6.45, 7) is 3.59. The highest BCUT2D eigenvalue weighted by Gasteiger charge is 2.18. The van der Waals surface area contributed by atoms with Crippen molar-refractivity contribution in [3.8, 4) is 0 Å². The van der Waals surface area contributed by atoms with Gasteiger partial charge in [-0.1, -0.05) is 23.7 Å². The summed E-state index contributed by atoms with van der Waals surface area (Å²) in [6.07, 6.45) is -0.215. The van der Waals surface area contributed by atoms with Gasteiger partial charge in [-0.15, -0.1) is 0 Å². The lowest BCUT2D eigenvalue weighted by atomic mass is 10.2. The number of pyridine rings is 1. The number of nitrogens with zero attached hydrogens (tertiary/aromatic N) is 1. The minimum Gasteiger partial charge on any atom is -0.393 e. The number of fused-ring (bicyclic) bond motifs is 1. The topological polar surface area (TPSA) is 79.3 Å². The molecule has 0 saturated heterocycles. The molecule has 0 aliphatic carbocycles. The Kier molecular flexibility index (Phi) is 4.83. The molecule has 2 aromatic rings. The van der Waals surface area contributed by atoms with E-state index < -0.39 is 16.1 Å². The van der Waals surface area contributed by atoms with E-state index >= 15 is 0 Å². The molecule has 21 heavy (non-hydrogen) atoms. The minimum atomic E-state index is -3.69. The molecule has 1 aromatic carbocycles. The molecule has 0 aliphatic heterocycles. The third-order valence-electron chi connectivity index (χ3n) is 3.08. The SMILES string of the molecule is Cc1cc2cccc(S(=O)(=O)NCCC(C)O)c2nc1Cl. The summed E-state index contributed by atoms with van der Waals surface area (Å²) in [4.78, 5) is 4.27. The molecule has 2 rings (SSSR count). The van der Waals surface area contributed by atoms with Crippen LogP contribution < -0.4 is 4.72 Å². The van der Waals surface area contributed by atoms with Crippen molar-refractivity contribution in [3.05, 3.63) is 35.0 Å². The predicted octanol–water partition coefficient (Wildman–Crippen LogP) is 2.25. The van der Waals surface area contributed by atoms with E-state index in [2.05, 4.69) is 9.71 Å². The highest BCUT2D eigenvalue weighted by Crippen LogP contribution is 2.25. The molecule has 5 nitrogen and oxygen atoms in total. The van der Waals surface area contributed by atoms with Crippen LogP contribution in [0.1, 0.15) is 18.9 Å². The Labute approximate surface area is 129 Å².